The molecule has 2 unspecified atom stereocenters. The third-order valence-electron chi connectivity index (χ3n) is 10.7. The molecule has 1 heterocycles. The number of benzene rings is 1. The molecule has 2 atom stereocenters. The number of nitrogens with zero attached hydrogens (tertiary/aromatic N) is 1. The Hall–Kier alpha value is -3.48. The Balaban J connectivity index is 2.80. The number of methoxy groups -OCH3 is 1. The molecule has 1 aliphatic heterocycles. The van der Waals surface area contributed by atoms with Gasteiger partial charge < -0.3 is 19.1 Å². The smallest absolute Gasteiger partial charge is 0.378 e. The summed E-state index contributed by atoms with van der Waals surface area (Å²) in [5.41, 5.74) is -4.13. The fourth-order valence-corrected chi connectivity index (χ4v) is 6.01. The summed E-state index contributed by atoms with van der Waals surface area (Å²) in [6, 6.07) is 4.23. The molecule has 1 saturated heterocycles. The Morgan fingerprint density at radius 3 is 0.930 bits per heavy atom. The highest BCUT2D eigenvalue weighted by Gasteiger charge is 2.97. The molecule has 4 nitrogen and oxygen atoms in total. The van der Waals surface area contributed by atoms with Crippen LogP contribution in [-0.4, -0.2) is 135 Å². The van der Waals surface area contributed by atoms with Gasteiger partial charge in [0.15, 0.2) is 6.29 Å². The third-order valence-corrected chi connectivity index (χ3v) is 10.7. The first-order chi connectivity index (χ1) is 30.9. The van der Waals surface area contributed by atoms with E-state index in [4.69, 9.17) is 9.47 Å². The van der Waals surface area contributed by atoms with E-state index in [-0.39, 0.29) is 18.4 Å². The lowest BCUT2D eigenvalue weighted by molar-refractivity contribution is -0.462. The van der Waals surface area contributed by atoms with E-state index in [9.17, 15) is 132 Å². The standard InChI is InChI=1S/C33H25F34NO3/c1-68(2)14-6-4-13(5-7-14)16-70-12-15(71-16)17(69-3,8-10-18(34,35)20(38,39)22(42,43)24(46,47)26(50,51)28(54,55)30(58,59)32(62,63)64)9-11-19(36,37)21(40,41)23(44,45)25(48,49)27(52,53)29(56,57)31(60,61)33(65,66)67/h4-7,15-16H,8-12H2,1-3H3. The molecule has 38 heteroatoms. The van der Waals surface area contributed by atoms with Crippen molar-refractivity contribution in [1.29, 1.82) is 0 Å². The molecule has 0 saturated carbocycles. The molecular weight excluding hydrogens is 1100 g/mol. The summed E-state index contributed by atoms with van der Waals surface area (Å²) < 4.78 is 487. The van der Waals surface area contributed by atoms with Gasteiger partial charge in [-0.25, -0.2) is 0 Å². The van der Waals surface area contributed by atoms with Crippen molar-refractivity contribution in [3.8, 4) is 0 Å². The quantitative estimate of drug-likeness (QED) is 0.108. The van der Waals surface area contributed by atoms with Crippen LogP contribution in [-0.2, 0) is 14.2 Å². The Kier molecular flexibility index (Phi) is 16.2. The first kappa shape index (κ1) is 63.6. The molecule has 0 amide bonds. The van der Waals surface area contributed by atoms with Gasteiger partial charge in [-0.05, 0) is 25.0 Å². The Bertz CT molecular complexity index is 1890. The van der Waals surface area contributed by atoms with Crippen molar-refractivity contribution in [2.24, 2.45) is 0 Å². The highest BCUT2D eigenvalue weighted by atomic mass is 19.4. The van der Waals surface area contributed by atoms with Crippen molar-refractivity contribution in [2.75, 3.05) is 32.7 Å². The van der Waals surface area contributed by atoms with Crippen LogP contribution >= 0.6 is 0 Å². The predicted molar refractivity (Wildman–Crippen MR) is 164 cm³/mol. The molecule has 71 heavy (non-hydrogen) atoms. The molecule has 1 aromatic carbocycles. The van der Waals surface area contributed by atoms with Gasteiger partial charge >= 0.3 is 95.3 Å². The largest absolute Gasteiger partial charge is 0.460 e. The molecule has 2 rings (SSSR count). The molecule has 1 fully saturated rings. The van der Waals surface area contributed by atoms with Crippen LogP contribution in [0.15, 0.2) is 24.3 Å². The zero-order chi connectivity index (χ0) is 56.9. The van der Waals surface area contributed by atoms with Crippen molar-refractivity contribution in [2.45, 2.75) is 139 Å². The van der Waals surface area contributed by atoms with Gasteiger partial charge in [0.1, 0.15) is 6.10 Å². The second-order valence-corrected chi connectivity index (χ2v) is 15.3. The molecule has 0 spiro atoms. The number of rotatable bonds is 22. The van der Waals surface area contributed by atoms with Gasteiger partial charge in [-0.2, -0.15) is 149 Å². The molecule has 0 bridgehead atoms. The third kappa shape index (κ3) is 9.30. The van der Waals surface area contributed by atoms with Gasteiger partial charge in [-0.3, -0.25) is 0 Å². The predicted octanol–water partition coefficient (Wildman–Crippen LogP) is 14.1. The van der Waals surface area contributed by atoms with Crippen LogP contribution < -0.4 is 4.90 Å². The van der Waals surface area contributed by atoms with Crippen LogP contribution in [0.25, 0.3) is 0 Å². The fourth-order valence-electron chi connectivity index (χ4n) is 6.01. The molecule has 1 aliphatic rings. The fraction of sp³-hybridized carbons (Fsp3) is 0.818. The number of hydrogen-bond acceptors (Lipinski definition) is 4. The maximum Gasteiger partial charge on any atom is 0.460 e. The summed E-state index contributed by atoms with van der Waals surface area (Å²) in [7, 11) is 2.66. The van der Waals surface area contributed by atoms with E-state index < -0.39 is 146 Å². The normalized spacial score (nSPS) is 19.2. The van der Waals surface area contributed by atoms with E-state index in [1.807, 2.05) is 0 Å². The Labute approximate surface area is 371 Å². The van der Waals surface area contributed by atoms with Gasteiger partial charge in [0.25, 0.3) is 0 Å². The van der Waals surface area contributed by atoms with Crippen LogP contribution in [0.4, 0.5) is 155 Å². The van der Waals surface area contributed by atoms with Gasteiger partial charge in [-0.1, -0.05) is 12.1 Å². The second kappa shape index (κ2) is 18.1. The summed E-state index contributed by atoms with van der Waals surface area (Å²) in [5.74, 6) is -122. The summed E-state index contributed by atoms with van der Waals surface area (Å²) in [6.45, 7) is -1.59. The first-order valence-electron chi connectivity index (χ1n) is 17.9. The first-order valence-corrected chi connectivity index (χ1v) is 17.9. The lowest BCUT2D eigenvalue weighted by Gasteiger charge is -2.44. The molecular formula is C33H25F34NO3. The van der Waals surface area contributed by atoms with Crippen LogP contribution in [0.3, 0.4) is 0 Å². The number of hydrogen-bond donors (Lipinski definition) is 0. The average molecular weight is 1130 g/mol. The van der Waals surface area contributed by atoms with E-state index in [2.05, 4.69) is 4.74 Å². The molecule has 0 aliphatic carbocycles. The van der Waals surface area contributed by atoms with E-state index in [1.165, 1.54) is 19.0 Å². The molecule has 1 aromatic rings. The highest BCUT2D eigenvalue weighted by molar-refractivity contribution is 5.46. The molecule has 0 radical (unpaired) electrons. The number of anilines is 1. The van der Waals surface area contributed by atoms with Crippen LogP contribution in [0.2, 0.25) is 0 Å². The minimum atomic E-state index is -9.19. The van der Waals surface area contributed by atoms with Gasteiger partial charge in [-0.15, -0.1) is 0 Å². The van der Waals surface area contributed by atoms with E-state index in [0.717, 1.165) is 24.3 Å². The minimum absolute atomic E-state index is 0.131. The molecule has 0 aromatic heterocycles. The Morgan fingerprint density at radius 2 is 0.676 bits per heavy atom. The summed E-state index contributed by atoms with van der Waals surface area (Å²) in [4.78, 5) is 1.36. The second-order valence-electron chi connectivity index (χ2n) is 15.3. The van der Waals surface area contributed by atoms with Crippen LogP contribution in [0.1, 0.15) is 37.5 Å². The van der Waals surface area contributed by atoms with Crippen molar-refractivity contribution < 1.29 is 163 Å². The van der Waals surface area contributed by atoms with Crippen molar-refractivity contribution in [1.82, 2.24) is 0 Å². The zero-order valence-electron chi connectivity index (χ0n) is 34.0. The maximum atomic E-state index is 15.1. The monoisotopic (exact) mass is 1130 g/mol. The number of halogens is 34. The van der Waals surface area contributed by atoms with Gasteiger partial charge in [0.05, 0.1) is 12.2 Å². The van der Waals surface area contributed by atoms with Gasteiger partial charge in [0, 0.05) is 45.3 Å². The maximum absolute atomic E-state index is 15.1. The van der Waals surface area contributed by atoms with Crippen LogP contribution in [0.5, 0.6) is 0 Å². The summed E-state index contributed by atoms with van der Waals surface area (Å²) >= 11 is 0. The van der Waals surface area contributed by atoms with Crippen molar-refractivity contribution in [3.63, 3.8) is 0 Å². The van der Waals surface area contributed by atoms with Crippen molar-refractivity contribution in [3.05, 3.63) is 29.8 Å². The number of alkyl halides is 34. The average Bonchev–Trinajstić information content (AvgIpc) is 3.70. The summed E-state index contributed by atoms with van der Waals surface area (Å²) in [6.07, 6.45) is -34.5. The highest BCUT2D eigenvalue weighted by Crippen LogP contribution is 2.67. The van der Waals surface area contributed by atoms with E-state index in [0.29, 0.717) is 0 Å². The minimum Gasteiger partial charge on any atom is -0.378 e. The Morgan fingerprint density at radius 1 is 0.408 bits per heavy atom. The number of ether oxygens (including phenoxy) is 3. The topological polar surface area (TPSA) is 30.9 Å². The van der Waals surface area contributed by atoms with Crippen molar-refractivity contribution >= 4 is 5.69 Å². The summed E-state index contributed by atoms with van der Waals surface area (Å²) in [5, 5.41) is 0. The lowest BCUT2D eigenvalue weighted by atomic mass is 9.80. The molecule has 418 valence electrons. The van der Waals surface area contributed by atoms with Gasteiger partial charge in [0.2, 0.25) is 0 Å². The van der Waals surface area contributed by atoms with E-state index in [1.54, 1.807) is 0 Å². The van der Waals surface area contributed by atoms with E-state index >= 15 is 17.6 Å². The lowest BCUT2D eigenvalue weighted by Crippen LogP contribution is -2.74. The SMILES string of the molecule is COC(CCC(F)(F)C(F)(F)C(F)(F)C(F)(F)C(F)(F)C(F)(F)C(F)(F)C(F)(F)F)(CCC(F)(F)C(F)(F)C(F)(F)C(F)(F)C(F)(F)C(F)(F)C(F)(F)C(F)(F)F)C1COC(c2ccc(N(C)C)cc2)O1. The van der Waals surface area contributed by atoms with Crippen LogP contribution in [0, 0.1) is 0 Å². The zero-order valence-corrected chi connectivity index (χ0v) is 34.0. The molecule has 0 N–H and O–H groups in total.